The Bertz CT molecular complexity index is 550. The first-order valence-electron chi connectivity index (χ1n) is 7.30. The zero-order chi connectivity index (χ0) is 15.3. The van der Waals surface area contributed by atoms with Gasteiger partial charge in [-0.15, -0.1) is 23.2 Å². The van der Waals surface area contributed by atoms with Gasteiger partial charge >= 0.3 is 0 Å². The van der Waals surface area contributed by atoms with Crippen molar-refractivity contribution in [2.75, 3.05) is 13.1 Å². The summed E-state index contributed by atoms with van der Waals surface area (Å²) in [6.45, 7) is 3.33. The Kier molecular flexibility index (Phi) is 3.61. The summed E-state index contributed by atoms with van der Waals surface area (Å²) in [4.78, 5) is 14.4. The number of rotatable bonds is 2. The SMILES string of the molecule is C[C@]1(C(=O)N2CCC(c3ccc(O)cc3)CC2)CC1(Cl)Cl. The summed E-state index contributed by atoms with van der Waals surface area (Å²) in [6, 6.07) is 7.35. The van der Waals surface area contributed by atoms with E-state index in [1.165, 1.54) is 5.56 Å². The molecule has 0 aromatic heterocycles. The van der Waals surface area contributed by atoms with Gasteiger partial charge in [-0.05, 0) is 49.8 Å². The molecular formula is C16H19Cl2NO2. The molecule has 1 aromatic carbocycles. The molecule has 0 bridgehead atoms. The van der Waals surface area contributed by atoms with Crippen LogP contribution in [0.3, 0.4) is 0 Å². The maximum atomic E-state index is 12.5. The molecule has 1 aliphatic heterocycles. The number of nitrogens with zero attached hydrogens (tertiary/aromatic N) is 1. The number of alkyl halides is 2. The van der Waals surface area contributed by atoms with E-state index in [0.29, 0.717) is 12.3 Å². The molecule has 0 unspecified atom stereocenters. The topological polar surface area (TPSA) is 40.5 Å². The van der Waals surface area contributed by atoms with Crippen molar-refractivity contribution < 1.29 is 9.90 Å². The van der Waals surface area contributed by atoms with Crippen molar-refractivity contribution in [1.29, 1.82) is 0 Å². The van der Waals surface area contributed by atoms with Crippen molar-refractivity contribution in [3.63, 3.8) is 0 Å². The summed E-state index contributed by atoms with van der Waals surface area (Å²) < 4.78 is -0.891. The number of amides is 1. The number of hydrogen-bond acceptors (Lipinski definition) is 2. The first-order valence-corrected chi connectivity index (χ1v) is 8.05. The van der Waals surface area contributed by atoms with Crippen molar-refractivity contribution in [2.24, 2.45) is 5.41 Å². The molecule has 0 radical (unpaired) electrons. The lowest BCUT2D eigenvalue weighted by molar-refractivity contribution is -0.137. The van der Waals surface area contributed by atoms with E-state index in [2.05, 4.69) is 0 Å². The second-order valence-corrected chi connectivity index (χ2v) is 7.86. The second kappa shape index (κ2) is 5.06. The van der Waals surface area contributed by atoms with E-state index >= 15 is 0 Å². The van der Waals surface area contributed by atoms with Crippen LogP contribution >= 0.6 is 23.2 Å². The molecule has 1 N–H and O–H groups in total. The minimum Gasteiger partial charge on any atom is -0.508 e. The molecule has 1 aromatic rings. The third-order valence-electron chi connectivity index (χ3n) is 4.88. The number of piperidine rings is 1. The molecular weight excluding hydrogens is 309 g/mol. The Labute approximate surface area is 134 Å². The smallest absolute Gasteiger partial charge is 0.231 e. The number of likely N-dealkylation sites (tertiary alicyclic amines) is 1. The minimum atomic E-state index is -0.891. The highest BCUT2D eigenvalue weighted by atomic mass is 35.5. The number of benzene rings is 1. The predicted molar refractivity (Wildman–Crippen MR) is 83.8 cm³/mol. The van der Waals surface area contributed by atoms with E-state index in [0.717, 1.165) is 25.9 Å². The monoisotopic (exact) mass is 327 g/mol. The largest absolute Gasteiger partial charge is 0.508 e. The van der Waals surface area contributed by atoms with Crippen LogP contribution in [0.1, 0.15) is 37.7 Å². The van der Waals surface area contributed by atoms with Gasteiger partial charge in [0.25, 0.3) is 0 Å². The van der Waals surface area contributed by atoms with Crippen LogP contribution < -0.4 is 0 Å². The molecule has 21 heavy (non-hydrogen) atoms. The van der Waals surface area contributed by atoms with Crippen molar-refractivity contribution in [3.05, 3.63) is 29.8 Å². The van der Waals surface area contributed by atoms with Crippen LogP contribution in [0, 0.1) is 5.41 Å². The van der Waals surface area contributed by atoms with E-state index in [9.17, 15) is 9.90 Å². The molecule has 1 atom stereocenters. The van der Waals surface area contributed by atoms with Gasteiger partial charge in [0.1, 0.15) is 10.1 Å². The molecule has 0 spiro atoms. The fourth-order valence-corrected chi connectivity index (χ4v) is 3.84. The van der Waals surface area contributed by atoms with Crippen molar-refractivity contribution in [1.82, 2.24) is 4.90 Å². The highest BCUT2D eigenvalue weighted by molar-refractivity contribution is 6.53. The molecule has 2 aliphatic rings. The Balaban J connectivity index is 1.61. The van der Waals surface area contributed by atoms with E-state index in [1.54, 1.807) is 12.1 Å². The third-order valence-corrected chi connectivity index (χ3v) is 5.98. The highest BCUT2D eigenvalue weighted by Crippen LogP contribution is 2.64. The number of carbonyl (C=O) groups is 1. The van der Waals surface area contributed by atoms with Crippen LogP contribution in [0.4, 0.5) is 0 Å². The Hall–Kier alpha value is -0.930. The fourth-order valence-electron chi connectivity index (χ4n) is 3.14. The van der Waals surface area contributed by atoms with Crippen molar-refractivity contribution >= 4 is 29.1 Å². The molecule has 1 amide bonds. The minimum absolute atomic E-state index is 0.0802. The molecule has 3 rings (SSSR count). The summed E-state index contributed by atoms with van der Waals surface area (Å²) in [5, 5.41) is 9.34. The van der Waals surface area contributed by atoms with Gasteiger partial charge in [-0.25, -0.2) is 0 Å². The van der Waals surface area contributed by atoms with E-state index in [1.807, 2.05) is 24.0 Å². The van der Waals surface area contributed by atoms with Crippen LogP contribution in [0.25, 0.3) is 0 Å². The van der Waals surface area contributed by atoms with Crippen LogP contribution in [-0.2, 0) is 4.79 Å². The molecule has 114 valence electrons. The number of carbonyl (C=O) groups excluding carboxylic acids is 1. The molecule has 1 heterocycles. The summed E-state index contributed by atoms with van der Waals surface area (Å²) in [6.07, 6.45) is 2.41. The number of phenolic OH excluding ortho intramolecular Hbond substituents is 1. The van der Waals surface area contributed by atoms with Gasteiger partial charge in [0.2, 0.25) is 5.91 Å². The van der Waals surface area contributed by atoms with Gasteiger partial charge in [0.05, 0.1) is 5.41 Å². The lowest BCUT2D eigenvalue weighted by Crippen LogP contribution is -2.42. The number of hydrogen-bond donors (Lipinski definition) is 1. The summed E-state index contributed by atoms with van der Waals surface area (Å²) >= 11 is 12.2. The van der Waals surface area contributed by atoms with Crippen molar-refractivity contribution in [3.8, 4) is 5.75 Å². The number of phenols is 1. The Morgan fingerprint density at radius 2 is 1.76 bits per heavy atom. The molecule has 1 saturated heterocycles. The molecule has 2 fully saturated rings. The van der Waals surface area contributed by atoms with Gasteiger partial charge < -0.3 is 10.0 Å². The maximum Gasteiger partial charge on any atom is 0.231 e. The first-order chi connectivity index (χ1) is 9.83. The summed E-state index contributed by atoms with van der Waals surface area (Å²) in [5.41, 5.74) is 0.614. The maximum absolute atomic E-state index is 12.5. The molecule has 1 saturated carbocycles. The highest BCUT2D eigenvalue weighted by Gasteiger charge is 2.68. The number of halogens is 2. The standard InChI is InChI=1S/C16H19Cl2NO2/c1-15(10-16(15,17)18)14(21)19-8-6-12(7-9-19)11-2-4-13(20)5-3-11/h2-5,12,20H,6-10H2,1H3/t15-/m1/s1. The quantitative estimate of drug-likeness (QED) is 0.842. The molecule has 5 heteroatoms. The van der Waals surface area contributed by atoms with Gasteiger partial charge in [-0.2, -0.15) is 0 Å². The van der Waals surface area contributed by atoms with Crippen LogP contribution in [0.2, 0.25) is 0 Å². The lowest BCUT2D eigenvalue weighted by Gasteiger charge is -2.34. The average molecular weight is 328 g/mol. The van der Waals surface area contributed by atoms with E-state index < -0.39 is 9.75 Å². The van der Waals surface area contributed by atoms with E-state index in [4.69, 9.17) is 23.2 Å². The molecule has 3 nitrogen and oxygen atoms in total. The zero-order valence-electron chi connectivity index (χ0n) is 12.0. The van der Waals surface area contributed by atoms with Gasteiger partial charge in [-0.1, -0.05) is 12.1 Å². The number of aromatic hydroxyl groups is 1. The van der Waals surface area contributed by atoms with Crippen LogP contribution in [0.15, 0.2) is 24.3 Å². The Morgan fingerprint density at radius 3 is 2.24 bits per heavy atom. The van der Waals surface area contributed by atoms with Gasteiger partial charge in [-0.3, -0.25) is 4.79 Å². The summed E-state index contributed by atoms with van der Waals surface area (Å²) in [7, 11) is 0. The predicted octanol–water partition coefficient (Wildman–Crippen LogP) is 3.68. The Morgan fingerprint density at radius 1 is 1.24 bits per heavy atom. The third kappa shape index (κ3) is 2.62. The fraction of sp³-hybridized carbons (Fsp3) is 0.562. The first kappa shape index (κ1) is 15.0. The van der Waals surface area contributed by atoms with Crippen LogP contribution in [0.5, 0.6) is 5.75 Å². The van der Waals surface area contributed by atoms with Gasteiger partial charge in [0.15, 0.2) is 0 Å². The normalized spacial score (nSPS) is 28.4. The summed E-state index contributed by atoms with van der Waals surface area (Å²) in [5.74, 6) is 0.809. The zero-order valence-corrected chi connectivity index (χ0v) is 13.5. The average Bonchev–Trinajstić information content (AvgIpc) is 2.99. The van der Waals surface area contributed by atoms with Crippen LogP contribution in [-0.4, -0.2) is 33.3 Å². The van der Waals surface area contributed by atoms with Gasteiger partial charge in [0, 0.05) is 13.1 Å². The van der Waals surface area contributed by atoms with E-state index in [-0.39, 0.29) is 11.7 Å². The second-order valence-electron chi connectivity index (χ2n) is 6.37. The molecule has 1 aliphatic carbocycles. The lowest BCUT2D eigenvalue weighted by atomic mass is 9.89. The van der Waals surface area contributed by atoms with Crippen molar-refractivity contribution in [2.45, 2.75) is 36.4 Å².